The van der Waals surface area contributed by atoms with Crippen molar-refractivity contribution in [2.24, 2.45) is 16.5 Å². The smallest absolute Gasteiger partial charge is 0.370 e. The van der Waals surface area contributed by atoms with Crippen molar-refractivity contribution in [1.82, 2.24) is 4.98 Å². The normalized spacial score (nSPS) is 11.3. The van der Waals surface area contributed by atoms with Gasteiger partial charge < -0.3 is 11.5 Å². The summed E-state index contributed by atoms with van der Waals surface area (Å²) >= 11 is 1.01. The highest BCUT2D eigenvalue weighted by atomic mass is 32.1. The molecule has 4 N–H and O–H groups in total. The lowest BCUT2D eigenvalue weighted by Crippen LogP contribution is -2.25. The van der Waals surface area contributed by atoms with Crippen molar-refractivity contribution >= 4 is 34.0 Å². The van der Waals surface area contributed by atoms with Gasteiger partial charge in [-0.1, -0.05) is 6.42 Å². The second-order valence-electron chi connectivity index (χ2n) is 7.53. The zero-order valence-electron chi connectivity index (χ0n) is 18.4. The van der Waals surface area contributed by atoms with E-state index in [2.05, 4.69) is 9.98 Å². The van der Waals surface area contributed by atoms with Crippen LogP contribution in [0, 0.1) is 11.6 Å². The first-order chi connectivity index (χ1) is 16.6. The molecule has 0 spiro atoms. The van der Waals surface area contributed by atoms with Crippen LogP contribution in [0.4, 0.5) is 32.8 Å². The second kappa shape index (κ2) is 11.3. The van der Waals surface area contributed by atoms with Crippen molar-refractivity contribution in [2.45, 2.75) is 31.9 Å². The molecule has 3 rings (SSSR count). The van der Waals surface area contributed by atoms with Gasteiger partial charge in [0.1, 0.15) is 11.6 Å². The van der Waals surface area contributed by atoms with E-state index >= 15 is 0 Å². The molecule has 0 unspecified atom stereocenters. The van der Waals surface area contributed by atoms with Crippen LogP contribution in [-0.2, 0) is 11.0 Å². The summed E-state index contributed by atoms with van der Waals surface area (Å²) in [6.45, 7) is 0.415. The van der Waals surface area contributed by atoms with Gasteiger partial charge >= 0.3 is 6.18 Å². The number of alkyl halides is 3. The standard InChI is InChI=1S/C23H22F5N5OS/c24-15-7-10-17(18(25)12-15)19-13-35-22(32-19)33(16-8-5-14(6-9-16)23(26,27)28)20(34)4-2-1-3-11-31-21(29)30/h5-10,12-13H,1-4,11H2,(H4,29,30,31). The first-order valence-electron chi connectivity index (χ1n) is 10.5. The van der Waals surface area contributed by atoms with E-state index in [1.165, 1.54) is 28.5 Å². The molecular weight excluding hydrogens is 489 g/mol. The molecule has 0 atom stereocenters. The first kappa shape index (κ1) is 26.1. The number of benzene rings is 2. The highest BCUT2D eigenvalue weighted by Crippen LogP contribution is 2.36. The first-order valence-corrected chi connectivity index (χ1v) is 11.4. The van der Waals surface area contributed by atoms with Gasteiger partial charge in [-0.05, 0) is 49.2 Å². The zero-order valence-corrected chi connectivity index (χ0v) is 19.2. The largest absolute Gasteiger partial charge is 0.416 e. The van der Waals surface area contributed by atoms with Crippen LogP contribution in [0.15, 0.2) is 52.8 Å². The molecule has 0 fully saturated rings. The maximum Gasteiger partial charge on any atom is 0.416 e. The minimum absolute atomic E-state index is 0.0216. The van der Waals surface area contributed by atoms with Crippen molar-refractivity contribution < 1.29 is 26.7 Å². The number of nitrogens with zero attached hydrogens (tertiary/aromatic N) is 3. The van der Waals surface area contributed by atoms with Crippen LogP contribution >= 0.6 is 11.3 Å². The van der Waals surface area contributed by atoms with Gasteiger partial charge in [-0.15, -0.1) is 11.3 Å². The molecule has 0 radical (unpaired) electrons. The highest BCUT2D eigenvalue weighted by Gasteiger charge is 2.31. The Balaban J connectivity index is 1.85. The number of unbranched alkanes of at least 4 members (excludes halogenated alkanes) is 2. The number of thiazole rings is 1. The zero-order chi connectivity index (χ0) is 25.6. The number of aromatic nitrogens is 1. The Morgan fingerprint density at radius 2 is 1.74 bits per heavy atom. The van der Waals surface area contributed by atoms with Gasteiger partial charge in [0.25, 0.3) is 0 Å². The molecule has 0 aliphatic carbocycles. The fourth-order valence-electron chi connectivity index (χ4n) is 3.23. The Hall–Kier alpha value is -3.54. The lowest BCUT2D eigenvalue weighted by molar-refractivity contribution is -0.137. The average Bonchev–Trinajstić information content (AvgIpc) is 3.25. The summed E-state index contributed by atoms with van der Waals surface area (Å²) in [4.78, 5) is 22.5. The third kappa shape index (κ3) is 6.98. The van der Waals surface area contributed by atoms with E-state index in [1.807, 2.05) is 0 Å². The number of aliphatic imine (C=N–C) groups is 1. The monoisotopic (exact) mass is 511 g/mol. The lowest BCUT2D eigenvalue weighted by atomic mass is 10.1. The summed E-state index contributed by atoms with van der Waals surface area (Å²) in [5.74, 6) is -1.99. The van der Waals surface area contributed by atoms with Gasteiger partial charge in [0.2, 0.25) is 5.91 Å². The van der Waals surface area contributed by atoms with Gasteiger partial charge in [0, 0.05) is 30.0 Å². The molecule has 1 amide bonds. The molecule has 0 bridgehead atoms. The number of hydrogen-bond donors (Lipinski definition) is 2. The Kier molecular flexibility index (Phi) is 8.39. The summed E-state index contributed by atoms with van der Waals surface area (Å²) in [6.07, 6.45) is -2.66. The second-order valence-corrected chi connectivity index (χ2v) is 8.37. The van der Waals surface area contributed by atoms with Gasteiger partial charge in [0.05, 0.1) is 16.9 Å². The Morgan fingerprint density at radius 1 is 1.03 bits per heavy atom. The summed E-state index contributed by atoms with van der Waals surface area (Å²) in [5.41, 5.74) is 10.1. The number of nitrogens with two attached hydrogens (primary N) is 2. The predicted molar refractivity (Wildman–Crippen MR) is 125 cm³/mol. The van der Waals surface area contributed by atoms with Crippen LogP contribution in [0.3, 0.4) is 0 Å². The number of hydrogen-bond acceptors (Lipinski definition) is 4. The van der Waals surface area contributed by atoms with Crippen molar-refractivity contribution in [3.63, 3.8) is 0 Å². The minimum Gasteiger partial charge on any atom is -0.370 e. The van der Waals surface area contributed by atoms with Crippen LogP contribution in [-0.4, -0.2) is 23.4 Å². The number of carbonyl (C=O) groups is 1. The van der Waals surface area contributed by atoms with E-state index in [4.69, 9.17) is 11.5 Å². The molecule has 1 heterocycles. The SMILES string of the molecule is NC(N)=NCCCCCC(=O)N(c1ccc(C(F)(F)F)cc1)c1nc(-c2ccc(F)cc2F)cs1. The maximum absolute atomic E-state index is 14.2. The summed E-state index contributed by atoms with van der Waals surface area (Å²) < 4.78 is 66.5. The number of halogens is 5. The molecule has 186 valence electrons. The molecule has 0 aliphatic heterocycles. The van der Waals surface area contributed by atoms with E-state index < -0.39 is 29.3 Å². The van der Waals surface area contributed by atoms with Gasteiger partial charge in [-0.3, -0.25) is 14.7 Å². The van der Waals surface area contributed by atoms with E-state index in [1.54, 1.807) is 0 Å². The molecule has 0 saturated carbocycles. The molecule has 35 heavy (non-hydrogen) atoms. The van der Waals surface area contributed by atoms with Crippen LogP contribution in [0.5, 0.6) is 0 Å². The van der Waals surface area contributed by atoms with Crippen LogP contribution < -0.4 is 16.4 Å². The summed E-state index contributed by atoms with van der Waals surface area (Å²) in [5, 5.41) is 1.64. The fraction of sp³-hybridized carbons (Fsp3) is 0.261. The molecule has 0 saturated heterocycles. The van der Waals surface area contributed by atoms with E-state index in [0.29, 0.717) is 25.8 Å². The van der Waals surface area contributed by atoms with E-state index in [9.17, 15) is 26.7 Å². The molecular formula is C23H22F5N5OS. The molecule has 1 aromatic heterocycles. The van der Waals surface area contributed by atoms with Crippen LogP contribution in [0.25, 0.3) is 11.3 Å². The van der Waals surface area contributed by atoms with E-state index in [-0.39, 0.29) is 34.5 Å². The van der Waals surface area contributed by atoms with Crippen molar-refractivity contribution in [3.05, 3.63) is 65.0 Å². The number of carbonyl (C=O) groups excluding carboxylic acids is 1. The number of anilines is 2. The quantitative estimate of drug-likeness (QED) is 0.169. The minimum atomic E-state index is -4.53. The molecule has 0 aliphatic rings. The number of rotatable bonds is 9. The third-order valence-electron chi connectivity index (χ3n) is 4.94. The number of guanidine groups is 1. The number of amides is 1. The average molecular weight is 512 g/mol. The summed E-state index contributed by atoms with van der Waals surface area (Å²) in [6, 6.07) is 7.13. The summed E-state index contributed by atoms with van der Waals surface area (Å²) in [7, 11) is 0. The van der Waals surface area contributed by atoms with Crippen molar-refractivity contribution in [2.75, 3.05) is 11.4 Å². The van der Waals surface area contributed by atoms with Crippen molar-refractivity contribution in [3.8, 4) is 11.3 Å². The maximum atomic E-state index is 14.2. The van der Waals surface area contributed by atoms with Crippen LogP contribution in [0.2, 0.25) is 0 Å². The molecule has 12 heteroatoms. The van der Waals surface area contributed by atoms with E-state index in [0.717, 1.165) is 35.6 Å². The Morgan fingerprint density at radius 3 is 2.37 bits per heavy atom. The predicted octanol–water partition coefficient (Wildman–Crippen LogP) is 5.61. The molecule has 2 aromatic carbocycles. The molecule has 3 aromatic rings. The van der Waals surface area contributed by atoms with Crippen LogP contribution in [0.1, 0.15) is 31.2 Å². The molecule has 6 nitrogen and oxygen atoms in total. The van der Waals surface area contributed by atoms with Gasteiger partial charge in [-0.25, -0.2) is 13.8 Å². The topological polar surface area (TPSA) is 97.6 Å². The third-order valence-corrected chi connectivity index (χ3v) is 5.76. The Bertz CT molecular complexity index is 1190. The lowest BCUT2D eigenvalue weighted by Gasteiger charge is -2.21. The highest BCUT2D eigenvalue weighted by molar-refractivity contribution is 7.14. The van der Waals surface area contributed by atoms with Gasteiger partial charge in [0.15, 0.2) is 11.1 Å². The van der Waals surface area contributed by atoms with Gasteiger partial charge in [-0.2, -0.15) is 13.2 Å². The fourth-order valence-corrected chi connectivity index (χ4v) is 4.09. The van der Waals surface area contributed by atoms with Crippen molar-refractivity contribution in [1.29, 1.82) is 0 Å². The Labute approximate surface area is 202 Å².